The number of rotatable bonds is 3. The van der Waals surface area contributed by atoms with Crippen LogP contribution in [0, 0.1) is 6.92 Å². The highest BCUT2D eigenvalue weighted by molar-refractivity contribution is 5.92. The molecule has 19 heavy (non-hydrogen) atoms. The topological polar surface area (TPSA) is 49.4 Å². The fourth-order valence-corrected chi connectivity index (χ4v) is 1.81. The lowest BCUT2D eigenvalue weighted by Gasteiger charge is -2.17. The fourth-order valence-electron chi connectivity index (χ4n) is 1.81. The number of carbonyl (C=O) groups excluding carboxylic acids is 1. The van der Waals surface area contributed by atoms with E-state index in [2.05, 4.69) is 0 Å². The molecular formula is C14H18N3O2+. The maximum absolute atomic E-state index is 12.1. The molecule has 1 N–H and O–H groups in total. The molecule has 0 fully saturated rings. The normalized spacial score (nSPS) is 10.5. The monoisotopic (exact) mass is 260 g/mol. The summed E-state index contributed by atoms with van der Waals surface area (Å²) in [5.41, 5.74) is 1.48. The van der Waals surface area contributed by atoms with Gasteiger partial charge in [-0.2, -0.15) is 0 Å². The number of aryl methyl sites for hydroxylation is 2. The summed E-state index contributed by atoms with van der Waals surface area (Å²) in [4.78, 5) is 13.7. The van der Waals surface area contributed by atoms with Gasteiger partial charge in [0.2, 0.25) is 6.33 Å². The van der Waals surface area contributed by atoms with E-state index < -0.39 is 0 Å². The average Bonchev–Trinajstić information content (AvgIpc) is 2.77. The first-order valence-electron chi connectivity index (χ1n) is 6.04. The molecule has 1 heterocycles. The summed E-state index contributed by atoms with van der Waals surface area (Å²) in [5.74, 6) is 0.156. The van der Waals surface area contributed by atoms with Crippen molar-refractivity contribution < 1.29 is 14.5 Å². The second kappa shape index (κ2) is 5.14. The van der Waals surface area contributed by atoms with Crippen molar-refractivity contribution in [2.45, 2.75) is 13.5 Å². The van der Waals surface area contributed by atoms with E-state index in [9.17, 15) is 9.90 Å². The van der Waals surface area contributed by atoms with Crippen molar-refractivity contribution in [3.63, 3.8) is 0 Å². The minimum Gasteiger partial charge on any atom is -0.508 e. The number of likely N-dealkylation sites (N-methyl/N-ethyl adjacent to an activating group) is 1. The molecule has 0 atom stereocenters. The molecule has 0 aliphatic rings. The lowest BCUT2D eigenvalue weighted by Crippen LogP contribution is -2.42. The molecule has 2 rings (SSSR count). The van der Waals surface area contributed by atoms with E-state index in [4.69, 9.17) is 0 Å². The Labute approximate surface area is 112 Å². The van der Waals surface area contributed by atoms with Crippen molar-refractivity contribution >= 4 is 11.6 Å². The second-order valence-corrected chi connectivity index (χ2v) is 4.67. The number of aromatic nitrogens is 2. The van der Waals surface area contributed by atoms with Crippen LogP contribution in [0.5, 0.6) is 5.75 Å². The summed E-state index contributed by atoms with van der Waals surface area (Å²) in [6.45, 7) is 2.09. The van der Waals surface area contributed by atoms with E-state index in [0.717, 1.165) is 5.56 Å². The Morgan fingerprint density at radius 2 is 2.21 bits per heavy atom. The third kappa shape index (κ3) is 2.93. The average molecular weight is 260 g/mol. The fraction of sp³-hybridized carbons (Fsp3) is 0.286. The molecule has 0 spiro atoms. The highest BCUT2D eigenvalue weighted by atomic mass is 16.3. The van der Waals surface area contributed by atoms with Gasteiger partial charge in [-0.15, -0.1) is 0 Å². The number of phenols is 1. The zero-order valence-corrected chi connectivity index (χ0v) is 11.4. The van der Waals surface area contributed by atoms with Gasteiger partial charge in [-0.25, -0.2) is 9.13 Å². The number of hydrogen-bond donors (Lipinski definition) is 1. The molecule has 0 saturated heterocycles. The van der Waals surface area contributed by atoms with E-state index in [1.54, 1.807) is 24.1 Å². The number of benzene rings is 1. The van der Waals surface area contributed by atoms with Crippen LogP contribution in [-0.4, -0.2) is 22.6 Å². The molecule has 1 aromatic carbocycles. The molecular weight excluding hydrogens is 242 g/mol. The minimum atomic E-state index is -0.0422. The molecule has 0 aliphatic carbocycles. The van der Waals surface area contributed by atoms with E-state index in [1.807, 2.05) is 47.9 Å². The van der Waals surface area contributed by atoms with Crippen LogP contribution in [0.15, 0.2) is 36.9 Å². The Morgan fingerprint density at radius 3 is 2.79 bits per heavy atom. The van der Waals surface area contributed by atoms with Gasteiger partial charge in [-0.1, -0.05) is 6.07 Å². The minimum absolute atomic E-state index is 0.0422. The van der Waals surface area contributed by atoms with Gasteiger partial charge in [-0.3, -0.25) is 4.79 Å². The largest absolute Gasteiger partial charge is 0.508 e. The van der Waals surface area contributed by atoms with Gasteiger partial charge in [0, 0.05) is 18.8 Å². The second-order valence-electron chi connectivity index (χ2n) is 4.67. The zero-order valence-electron chi connectivity index (χ0n) is 11.4. The summed E-state index contributed by atoms with van der Waals surface area (Å²) in [5, 5.41) is 9.68. The van der Waals surface area contributed by atoms with Gasteiger partial charge >= 0.3 is 0 Å². The number of hydrogen-bond acceptors (Lipinski definition) is 2. The van der Waals surface area contributed by atoms with Crippen molar-refractivity contribution in [3.8, 4) is 5.75 Å². The molecule has 1 aromatic heterocycles. The molecule has 2 aromatic rings. The van der Waals surface area contributed by atoms with Crippen molar-refractivity contribution in [1.29, 1.82) is 0 Å². The van der Waals surface area contributed by atoms with Gasteiger partial charge in [-0.05, 0) is 18.6 Å². The summed E-state index contributed by atoms with van der Waals surface area (Å²) in [7, 11) is 3.61. The number of anilines is 1. The number of carbonyl (C=O) groups is 1. The number of nitrogens with zero attached hydrogens (tertiary/aromatic N) is 3. The lowest BCUT2D eigenvalue weighted by molar-refractivity contribution is -0.683. The van der Waals surface area contributed by atoms with Gasteiger partial charge in [0.1, 0.15) is 18.1 Å². The van der Waals surface area contributed by atoms with Crippen LogP contribution in [0.1, 0.15) is 5.56 Å². The van der Waals surface area contributed by atoms with Crippen LogP contribution in [0.4, 0.5) is 5.69 Å². The summed E-state index contributed by atoms with van der Waals surface area (Å²) >= 11 is 0. The Morgan fingerprint density at radius 1 is 1.47 bits per heavy atom. The maximum atomic E-state index is 12.1. The molecule has 0 saturated carbocycles. The number of phenolic OH excluding ortho intramolecular Hbond substituents is 1. The predicted octanol–water partition coefficient (Wildman–Crippen LogP) is 0.990. The molecule has 0 bridgehead atoms. The first kappa shape index (κ1) is 13.1. The SMILES string of the molecule is Cc1ccc(N(C)C(=O)C[n+]2ccn(C)c2)cc1O. The van der Waals surface area contributed by atoms with E-state index in [0.29, 0.717) is 5.69 Å². The Hall–Kier alpha value is -2.30. The number of aromatic hydroxyl groups is 1. The lowest BCUT2D eigenvalue weighted by atomic mass is 10.2. The summed E-state index contributed by atoms with van der Waals surface area (Å²) in [6.07, 6.45) is 5.57. The van der Waals surface area contributed by atoms with Gasteiger partial charge in [0.05, 0.1) is 7.05 Å². The van der Waals surface area contributed by atoms with Crippen molar-refractivity contribution in [2.24, 2.45) is 7.05 Å². The summed E-state index contributed by atoms with van der Waals surface area (Å²) < 4.78 is 3.69. The molecule has 1 amide bonds. The van der Waals surface area contributed by atoms with Crippen LogP contribution in [0.3, 0.4) is 0 Å². The van der Waals surface area contributed by atoms with Crippen LogP contribution in [-0.2, 0) is 18.4 Å². The maximum Gasteiger partial charge on any atom is 0.268 e. The quantitative estimate of drug-likeness (QED) is 0.837. The van der Waals surface area contributed by atoms with Gasteiger partial charge < -0.3 is 10.0 Å². The van der Waals surface area contributed by atoms with Crippen LogP contribution in [0.25, 0.3) is 0 Å². The first-order valence-corrected chi connectivity index (χ1v) is 6.04. The molecule has 0 radical (unpaired) electrons. The molecule has 5 nitrogen and oxygen atoms in total. The number of amides is 1. The van der Waals surface area contributed by atoms with Crippen molar-refractivity contribution in [2.75, 3.05) is 11.9 Å². The predicted molar refractivity (Wildman–Crippen MR) is 71.9 cm³/mol. The highest BCUT2D eigenvalue weighted by Crippen LogP contribution is 2.23. The molecule has 0 aliphatic heterocycles. The number of imidazole rings is 1. The standard InChI is InChI=1S/C14H17N3O2/c1-11-4-5-12(8-13(11)18)16(3)14(19)9-17-7-6-15(2)10-17/h4-8,10H,9H2,1-3H3/p+1. The molecule has 100 valence electrons. The van der Waals surface area contributed by atoms with Crippen molar-refractivity contribution in [1.82, 2.24) is 4.57 Å². The zero-order chi connectivity index (χ0) is 14.0. The Bertz CT molecular complexity index is 604. The van der Waals surface area contributed by atoms with Crippen LogP contribution >= 0.6 is 0 Å². The third-order valence-electron chi connectivity index (χ3n) is 3.10. The van der Waals surface area contributed by atoms with Crippen molar-refractivity contribution in [3.05, 3.63) is 42.5 Å². The first-order chi connectivity index (χ1) is 8.97. The Balaban J connectivity index is 2.12. The van der Waals surface area contributed by atoms with E-state index >= 15 is 0 Å². The van der Waals surface area contributed by atoms with Gasteiger partial charge in [0.25, 0.3) is 5.91 Å². The van der Waals surface area contributed by atoms with E-state index in [1.165, 1.54) is 0 Å². The smallest absolute Gasteiger partial charge is 0.268 e. The third-order valence-corrected chi connectivity index (χ3v) is 3.10. The molecule has 0 unspecified atom stereocenters. The van der Waals surface area contributed by atoms with E-state index in [-0.39, 0.29) is 18.2 Å². The molecule has 5 heteroatoms. The van der Waals surface area contributed by atoms with Crippen LogP contribution < -0.4 is 9.47 Å². The summed E-state index contributed by atoms with van der Waals surface area (Å²) in [6, 6.07) is 5.22. The highest BCUT2D eigenvalue weighted by Gasteiger charge is 2.15. The van der Waals surface area contributed by atoms with Crippen LogP contribution in [0.2, 0.25) is 0 Å². The van der Waals surface area contributed by atoms with Gasteiger partial charge in [0.15, 0.2) is 6.54 Å². The Kier molecular flexibility index (Phi) is 3.55.